The maximum atomic E-state index is 12.2. The number of carbonyl (C=O) groups is 2. The van der Waals surface area contributed by atoms with Crippen molar-refractivity contribution >= 4 is 29.3 Å². The van der Waals surface area contributed by atoms with E-state index in [1.165, 1.54) is 16.8 Å². The number of hydrogen-bond donors (Lipinski definition) is 2. The molecule has 10 heteroatoms. The summed E-state index contributed by atoms with van der Waals surface area (Å²) in [4.78, 5) is 23.4. The number of rotatable bonds is 7. The van der Waals surface area contributed by atoms with E-state index in [0.717, 1.165) is 17.4 Å². The number of nitrogens with one attached hydrogen (secondary N) is 1. The first-order valence-corrected chi connectivity index (χ1v) is 8.75. The number of para-hydroxylation sites is 1. The topological polar surface area (TPSA) is 119 Å². The van der Waals surface area contributed by atoms with E-state index in [1.54, 1.807) is 43.5 Å². The first-order valence-electron chi connectivity index (χ1n) is 7.76. The molecule has 138 valence electrons. The SMILES string of the molecule is COc1ccc(-n2nnnc2SCC(=O)Nc2ccccc2C(=O)O)cc1. The molecule has 9 nitrogen and oxygen atoms in total. The van der Waals surface area contributed by atoms with Crippen LogP contribution in [-0.2, 0) is 4.79 Å². The lowest BCUT2D eigenvalue weighted by Crippen LogP contribution is -2.17. The highest BCUT2D eigenvalue weighted by Gasteiger charge is 2.14. The second kappa shape index (κ2) is 8.32. The fourth-order valence-corrected chi connectivity index (χ4v) is 2.94. The van der Waals surface area contributed by atoms with Crippen LogP contribution in [0.2, 0.25) is 0 Å². The molecule has 0 fully saturated rings. The normalized spacial score (nSPS) is 10.4. The predicted octanol–water partition coefficient (Wildman–Crippen LogP) is 2.10. The monoisotopic (exact) mass is 385 g/mol. The molecule has 1 amide bonds. The van der Waals surface area contributed by atoms with Crippen LogP contribution in [-0.4, -0.2) is 50.1 Å². The maximum Gasteiger partial charge on any atom is 0.337 e. The van der Waals surface area contributed by atoms with Gasteiger partial charge < -0.3 is 15.2 Å². The number of aromatic carboxylic acids is 1. The number of hydrogen-bond acceptors (Lipinski definition) is 7. The van der Waals surface area contributed by atoms with Crippen LogP contribution < -0.4 is 10.1 Å². The molecule has 0 saturated heterocycles. The molecule has 3 aromatic rings. The number of thioether (sulfide) groups is 1. The summed E-state index contributed by atoms with van der Waals surface area (Å²) in [7, 11) is 1.58. The van der Waals surface area contributed by atoms with Gasteiger partial charge in [-0.1, -0.05) is 23.9 Å². The number of carbonyl (C=O) groups excluding carboxylic acids is 1. The average molecular weight is 385 g/mol. The van der Waals surface area contributed by atoms with Crippen LogP contribution in [0.15, 0.2) is 53.7 Å². The number of carboxylic acids is 1. The number of nitrogens with zero attached hydrogens (tertiary/aromatic N) is 4. The molecule has 0 aliphatic rings. The van der Waals surface area contributed by atoms with Crippen LogP contribution in [0.4, 0.5) is 5.69 Å². The van der Waals surface area contributed by atoms with Crippen molar-refractivity contribution < 1.29 is 19.4 Å². The summed E-state index contributed by atoms with van der Waals surface area (Å²) in [5.74, 6) is -0.748. The lowest BCUT2D eigenvalue weighted by molar-refractivity contribution is -0.113. The zero-order valence-electron chi connectivity index (χ0n) is 14.2. The van der Waals surface area contributed by atoms with Gasteiger partial charge in [-0.05, 0) is 46.8 Å². The van der Waals surface area contributed by atoms with Crippen LogP contribution in [0.5, 0.6) is 5.75 Å². The molecule has 0 saturated carbocycles. The van der Waals surface area contributed by atoms with E-state index in [4.69, 9.17) is 9.84 Å². The standard InChI is InChI=1S/C17H15N5O4S/c1-26-12-8-6-11(7-9-12)22-17(19-20-21-22)27-10-15(23)18-14-5-3-2-4-13(14)16(24)25/h2-9H,10H2,1H3,(H,18,23)(H,24,25). The lowest BCUT2D eigenvalue weighted by atomic mass is 10.2. The molecular formula is C17H15N5O4S. The number of carboxylic acid groups (broad SMARTS) is 1. The first kappa shape index (κ1) is 18.4. The Morgan fingerprint density at radius 2 is 1.93 bits per heavy atom. The number of benzene rings is 2. The largest absolute Gasteiger partial charge is 0.497 e. The summed E-state index contributed by atoms with van der Waals surface area (Å²) in [6.07, 6.45) is 0. The van der Waals surface area contributed by atoms with Crippen LogP contribution >= 0.6 is 11.8 Å². The Morgan fingerprint density at radius 3 is 2.63 bits per heavy atom. The molecular weight excluding hydrogens is 370 g/mol. The summed E-state index contributed by atoms with van der Waals surface area (Å²) >= 11 is 1.14. The molecule has 2 aromatic carbocycles. The molecule has 0 atom stereocenters. The van der Waals surface area contributed by atoms with Crippen LogP contribution in [0.25, 0.3) is 5.69 Å². The molecule has 1 heterocycles. The van der Waals surface area contributed by atoms with Crippen molar-refractivity contribution in [1.29, 1.82) is 0 Å². The van der Waals surface area contributed by atoms with Crippen molar-refractivity contribution in [1.82, 2.24) is 20.2 Å². The van der Waals surface area contributed by atoms with Gasteiger partial charge in [0.15, 0.2) is 0 Å². The average Bonchev–Trinajstić information content (AvgIpc) is 3.15. The van der Waals surface area contributed by atoms with Gasteiger partial charge in [0.05, 0.1) is 29.8 Å². The van der Waals surface area contributed by atoms with Crippen LogP contribution in [0.1, 0.15) is 10.4 Å². The fourth-order valence-electron chi connectivity index (χ4n) is 2.25. The zero-order chi connectivity index (χ0) is 19.2. The Bertz CT molecular complexity index is 958. The van der Waals surface area contributed by atoms with Gasteiger partial charge in [-0.3, -0.25) is 4.79 Å². The van der Waals surface area contributed by atoms with Crippen molar-refractivity contribution in [2.75, 3.05) is 18.2 Å². The third-order valence-corrected chi connectivity index (χ3v) is 4.44. The molecule has 1 aromatic heterocycles. The van der Waals surface area contributed by atoms with Gasteiger partial charge in [0.2, 0.25) is 11.1 Å². The fraction of sp³-hybridized carbons (Fsp3) is 0.118. The second-order valence-corrected chi connectivity index (χ2v) is 6.20. The molecule has 0 radical (unpaired) electrons. The molecule has 0 spiro atoms. The minimum atomic E-state index is -1.11. The van der Waals surface area contributed by atoms with E-state index >= 15 is 0 Å². The van der Waals surface area contributed by atoms with Crippen molar-refractivity contribution in [3.8, 4) is 11.4 Å². The Hall–Kier alpha value is -3.40. The van der Waals surface area contributed by atoms with Gasteiger partial charge in [0.1, 0.15) is 5.75 Å². The van der Waals surface area contributed by atoms with E-state index in [1.807, 2.05) is 0 Å². The van der Waals surface area contributed by atoms with Crippen molar-refractivity contribution in [3.63, 3.8) is 0 Å². The minimum Gasteiger partial charge on any atom is -0.497 e. The molecule has 3 rings (SSSR count). The van der Waals surface area contributed by atoms with Gasteiger partial charge in [-0.15, -0.1) is 5.10 Å². The summed E-state index contributed by atoms with van der Waals surface area (Å²) in [5, 5.41) is 23.7. The summed E-state index contributed by atoms with van der Waals surface area (Å²) in [5.41, 5.74) is 0.990. The number of anilines is 1. The third-order valence-electron chi connectivity index (χ3n) is 3.52. The van der Waals surface area contributed by atoms with Crippen LogP contribution in [0.3, 0.4) is 0 Å². The van der Waals surface area contributed by atoms with Crippen molar-refractivity contribution in [3.05, 3.63) is 54.1 Å². The van der Waals surface area contributed by atoms with E-state index in [2.05, 4.69) is 20.8 Å². The zero-order valence-corrected chi connectivity index (χ0v) is 15.0. The first-order chi connectivity index (χ1) is 13.1. The van der Waals surface area contributed by atoms with E-state index < -0.39 is 5.97 Å². The molecule has 2 N–H and O–H groups in total. The van der Waals surface area contributed by atoms with E-state index in [0.29, 0.717) is 10.9 Å². The maximum absolute atomic E-state index is 12.2. The van der Waals surface area contributed by atoms with Gasteiger partial charge in [0, 0.05) is 0 Å². The van der Waals surface area contributed by atoms with E-state index in [9.17, 15) is 9.59 Å². The molecule has 0 unspecified atom stereocenters. The highest BCUT2D eigenvalue weighted by Crippen LogP contribution is 2.21. The van der Waals surface area contributed by atoms with Crippen LogP contribution in [0, 0.1) is 0 Å². The second-order valence-electron chi connectivity index (χ2n) is 5.26. The lowest BCUT2D eigenvalue weighted by Gasteiger charge is -2.08. The minimum absolute atomic E-state index is 0.0183. The Kier molecular flexibility index (Phi) is 5.67. The summed E-state index contributed by atoms with van der Waals surface area (Å²) in [6, 6.07) is 13.4. The van der Waals surface area contributed by atoms with Gasteiger partial charge in [-0.2, -0.15) is 4.68 Å². The smallest absolute Gasteiger partial charge is 0.337 e. The quantitative estimate of drug-likeness (QED) is 0.594. The Balaban J connectivity index is 1.66. The number of tetrazole rings is 1. The Labute approximate surface area is 158 Å². The number of ether oxygens (including phenoxy) is 1. The number of methoxy groups -OCH3 is 1. The van der Waals surface area contributed by atoms with Crippen molar-refractivity contribution in [2.45, 2.75) is 5.16 Å². The molecule has 0 aliphatic carbocycles. The van der Waals surface area contributed by atoms with Gasteiger partial charge >= 0.3 is 5.97 Å². The summed E-state index contributed by atoms with van der Waals surface area (Å²) in [6.45, 7) is 0. The van der Waals surface area contributed by atoms with Gasteiger partial charge in [-0.25, -0.2) is 4.79 Å². The van der Waals surface area contributed by atoms with Gasteiger partial charge in [0.25, 0.3) is 0 Å². The predicted molar refractivity (Wildman–Crippen MR) is 98.5 cm³/mol. The highest BCUT2D eigenvalue weighted by molar-refractivity contribution is 7.99. The third kappa shape index (κ3) is 4.42. The molecule has 0 bridgehead atoms. The number of amides is 1. The molecule has 0 aliphatic heterocycles. The van der Waals surface area contributed by atoms with E-state index in [-0.39, 0.29) is 22.9 Å². The molecule has 27 heavy (non-hydrogen) atoms. The highest BCUT2D eigenvalue weighted by atomic mass is 32.2. The van der Waals surface area contributed by atoms with Crippen molar-refractivity contribution in [2.24, 2.45) is 0 Å². The summed E-state index contributed by atoms with van der Waals surface area (Å²) < 4.78 is 6.62. The number of aromatic nitrogens is 4. The Morgan fingerprint density at radius 1 is 1.19 bits per heavy atom.